The van der Waals surface area contributed by atoms with Crippen LogP contribution < -0.4 is 9.64 Å². The number of ether oxygens (including phenoxy) is 2. The number of allylic oxidation sites excluding steroid dienone is 1. The predicted molar refractivity (Wildman–Crippen MR) is 172 cm³/mol. The van der Waals surface area contributed by atoms with Gasteiger partial charge in [0.05, 0.1) is 35.9 Å². The Bertz CT molecular complexity index is 1870. The first-order valence-electron chi connectivity index (χ1n) is 16.5. The molecule has 4 fully saturated rings. The molecule has 3 aromatic heterocycles. The lowest BCUT2D eigenvalue weighted by atomic mass is 9.94. The number of hydrogen-bond acceptors (Lipinski definition) is 8. The van der Waals surface area contributed by atoms with Gasteiger partial charge >= 0.3 is 6.01 Å². The van der Waals surface area contributed by atoms with Gasteiger partial charge in [0.2, 0.25) is 0 Å². The van der Waals surface area contributed by atoms with Crippen LogP contribution in [0, 0.1) is 17.7 Å². The molecule has 1 N–H and O–H groups in total. The van der Waals surface area contributed by atoms with Gasteiger partial charge in [-0.3, -0.25) is 15.0 Å². The molecule has 0 spiro atoms. The van der Waals surface area contributed by atoms with Crippen molar-refractivity contribution in [2.45, 2.75) is 56.2 Å². The molecule has 4 aromatic rings. The SMILES string of the molecule is Fc1c2ncc3c(nc(OC[C@@]45CCCN4C[C@H](F)C5)nc13)N1CCC[C@@H](COC/C=C/[C@@H]3C[C@@H]3c3c(Cl)cc4[nH]ncc4c3-2)C1. The maximum Gasteiger partial charge on any atom is 0.319 e. The number of anilines is 1. The highest BCUT2D eigenvalue weighted by molar-refractivity contribution is 6.33. The van der Waals surface area contributed by atoms with Crippen LogP contribution in [0.5, 0.6) is 6.01 Å². The van der Waals surface area contributed by atoms with E-state index < -0.39 is 12.0 Å². The van der Waals surface area contributed by atoms with E-state index in [0.29, 0.717) is 59.4 Å². The lowest BCUT2D eigenvalue weighted by molar-refractivity contribution is 0.107. The highest BCUT2D eigenvalue weighted by atomic mass is 35.5. The van der Waals surface area contributed by atoms with Gasteiger partial charge in [-0.25, -0.2) is 8.78 Å². The molecule has 1 aliphatic carbocycles. The minimum Gasteiger partial charge on any atom is -0.461 e. The summed E-state index contributed by atoms with van der Waals surface area (Å²) in [7, 11) is 0. The van der Waals surface area contributed by atoms with Crippen LogP contribution in [0.3, 0.4) is 0 Å². The summed E-state index contributed by atoms with van der Waals surface area (Å²) in [5, 5.41) is 9.10. The van der Waals surface area contributed by atoms with Crippen molar-refractivity contribution in [1.29, 1.82) is 0 Å². The van der Waals surface area contributed by atoms with Gasteiger partial charge in [0, 0.05) is 48.2 Å². The number of rotatable bonds is 3. The molecule has 5 aliphatic heterocycles. The third-order valence-electron chi connectivity index (χ3n) is 10.8. The second kappa shape index (κ2) is 11.1. The molecule has 1 saturated carbocycles. The maximum absolute atomic E-state index is 17.1. The molecule has 1 aromatic carbocycles. The quantitative estimate of drug-likeness (QED) is 0.262. The summed E-state index contributed by atoms with van der Waals surface area (Å²) < 4.78 is 44.1. The fourth-order valence-electron chi connectivity index (χ4n) is 8.53. The van der Waals surface area contributed by atoms with Crippen LogP contribution in [0.2, 0.25) is 5.02 Å². The van der Waals surface area contributed by atoms with E-state index in [1.54, 1.807) is 12.4 Å². The Labute approximate surface area is 270 Å². The summed E-state index contributed by atoms with van der Waals surface area (Å²) in [6.07, 6.45) is 12.0. The fourth-order valence-corrected chi connectivity index (χ4v) is 8.87. The van der Waals surface area contributed by atoms with Gasteiger partial charge in [-0.15, -0.1) is 0 Å². The topological polar surface area (TPSA) is 92.3 Å². The first-order valence-corrected chi connectivity index (χ1v) is 16.9. The maximum atomic E-state index is 17.1. The number of halogens is 3. The summed E-state index contributed by atoms with van der Waals surface area (Å²) in [4.78, 5) is 18.8. The van der Waals surface area contributed by atoms with Crippen LogP contribution in [0.15, 0.2) is 30.6 Å². The minimum absolute atomic E-state index is 0.101. The van der Waals surface area contributed by atoms with Crippen molar-refractivity contribution in [3.8, 4) is 17.3 Å². The first-order chi connectivity index (χ1) is 22.5. The van der Waals surface area contributed by atoms with Crippen LogP contribution in [0.25, 0.3) is 33.1 Å². The van der Waals surface area contributed by atoms with Gasteiger partial charge in [0.15, 0.2) is 5.82 Å². The van der Waals surface area contributed by atoms with Crippen molar-refractivity contribution in [2.24, 2.45) is 11.8 Å². The smallest absolute Gasteiger partial charge is 0.319 e. The molecule has 6 aliphatic rings. The molecular formula is C34H36ClF2N7O2. The van der Waals surface area contributed by atoms with Crippen LogP contribution in [0.4, 0.5) is 14.6 Å². The average molecular weight is 648 g/mol. The monoisotopic (exact) mass is 647 g/mol. The molecule has 9 nitrogen and oxygen atoms in total. The Balaban J connectivity index is 1.21. The van der Waals surface area contributed by atoms with Gasteiger partial charge in [-0.05, 0) is 68.0 Å². The normalized spacial score (nSPS) is 30.0. The molecule has 46 heavy (non-hydrogen) atoms. The van der Waals surface area contributed by atoms with Crippen molar-refractivity contribution >= 4 is 39.2 Å². The highest BCUT2D eigenvalue weighted by Crippen LogP contribution is 2.55. The molecule has 3 saturated heterocycles. The van der Waals surface area contributed by atoms with Crippen LogP contribution >= 0.6 is 11.6 Å². The van der Waals surface area contributed by atoms with E-state index in [1.165, 1.54) is 0 Å². The van der Waals surface area contributed by atoms with E-state index in [4.69, 9.17) is 36.0 Å². The molecule has 12 heteroatoms. The van der Waals surface area contributed by atoms with Gasteiger partial charge < -0.3 is 14.4 Å². The zero-order valence-electron chi connectivity index (χ0n) is 25.5. The Morgan fingerprint density at radius 2 is 2.09 bits per heavy atom. The molecule has 8 heterocycles. The Morgan fingerprint density at radius 1 is 1.15 bits per heavy atom. The van der Waals surface area contributed by atoms with Crippen LogP contribution in [0.1, 0.15) is 50.0 Å². The Hall–Kier alpha value is -3.41. The van der Waals surface area contributed by atoms with Crippen LogP contribution in [-0.4, -0.2) is 87.8 Å². The van der Waals surface area contributed by atoms with Gasteiger partial charge in [-0.1, -0.05) is 23.8 Å². The van der Waals surface area contributed by atoms with Crippen molar-refractivity contribution in [2.75, 3.05) is 50.9 Å². The molecular weight excluding hydrogens is 612 g/mol. The predicted octanol–water partition coefficient (Wildman–Crippen LogP) is 6.22. The molecule has 240 valence electrons. The summed E-state index contributed by atoms with van der Waals surface area (Å²) in [6, 6.07) is 1.97. The Morgan fingerprint density at radius 3 is 3.02 bits per heavy atom. The van der Waals surface area contributed by atoms with Crippen molar-refractivity contribution < 1.29 is 18.3 Å². The van der Waals surface area contributed by atoms with E-state index in [9.17, 15) is 4.39 Å². The number of aromatic amines is 1. The third-order valence-corrected chi connectivity index (χ3v) is 11.1. The van der Waals surface area contributed by atoms with Crippen molar-refractivity contribution in [1.82, 2.24) is 30.0 Å². The lowest BCUT2D eigenvalue weighted by Crippen LogP contribution is -2.43. The molecule has 0 radical (unpaired) electrons. The van der Waals surface area contributed by atoms with Gasteiger partial charge in [0.1, 0.15) is 29.8 Å². The average Bonchev–Trinajstić information content (AvgIpc) is 3.30. The lowest BCUT2D eigenvalue weighted by Gasteiger charge is -2.34. The van der Waals surface area contributed by atoms with Crippen molar-refractivity contribution in [3.05, 3.63) is 47.0 Å². The van der Waals surface area contributed by atoms with E-state index in [1.807, 2.05) is 6.07 Å². The number of H-pyrrole nitrogens is 1. The third kappa shape index (κ3) is 4.76. The zero-order chi connectivity index (χ0) is 31.0. The standard InChI is InChI=1S/C34H36ClF2N7O2/c35-25-11-26-23(14-39-42-26)28-27(25)22-10-20(22)5-2-9-45-17-19-4-1-7-43(15-19)32-24-13-38-31(28)29(37)30(24)40-33(41-32)46-18-34-6-3-8-44(34)16-21(36)12-34/h2,5,11,13-14,19-22H,1,3-4,6-10,12,15-18H2,(H,39,42)/b5-2+/t19-,20-,21-,22+,34+/m1/s1. The van der Waals surface area contributed by atoms with E-state index in [2.05, 4.69) is 32.1 Å². The number of piperidine rings is 1. The number of alkyl halides is 1. The highest BCUT2D eigenvalue weighted by Gasteiger charge is 2.49. The van der Waals surface area contributed by atoms with Crippen LogP contribution in [-0.2, 0) is 4.74 Å². The van der Waals surface area contributed by atoms with E-state index >= 15 is 4.39 Å². The molecule has 6 bridgehead atoms. The summed E-state index contributed by atoms with van der Waals surface area (Å²) in [5.74, 6) is 0.758. The molecule has 0 amide bonds. The molecule has 5 atom stereocenters. The van der Waals surface area contributed by atoms with Crippen molar-refractivity contribution in [3.63, 3.8) is 0 Å². The minimum atomic E-state index is -0.875. The summed E-state index contributed by atoms with van der Waals surface area (Å²) in [6.45, 7) is 4.21. The number of nitrogens with one attached hydrogen (secondary N) is 1. The number of hydrogen-bond donors (Lipinski definition) is 1. The summed E-state index contributed by atoms with van der Waals surface area (Å²) >= 11 is 6.94. The molecule has 0 unspecified atom stereocenters. The number of nitrogens with zero attached hydrogens (tertiary/aromatic N) is 6. The second-order valence-corrected chi connectivity index (χ2v) is 14.2. The first kappa shape index (κ1) is 28.8. The zero-order valence-corrected chi connectivity index (χ0v) is 26.3. The fraction of sp³-hybridized carbons (Fsp3) is 0.529. The van der Waals surface area contributed by atoms with Gasteiger partial charge in [-0.2, -0.15) is 15.1 Å². The van der Waals surface area contributed by atoms with Gasteiger partial charge in [0.25, 0.3) is 0 Å². The summed E-state index contributed by atoms with van der Waals surface area (Å²) in [5.41, 5.74) is 2.18. The number of benzene rings is 1. The second-order valence-electron chi connectivity index (χ2n) is 13.8. The molecule has 10 rings (SSSR count). The Kier molecular flexibility index (Phi) is 6.94. The van der Waals surface area contributed by atoms with E-state index in [0.717, 1.165) is 62.7 Å². The number of fused-ring (bicyclic) bond motifs is 6. The largest absolute Gasteiger partial charge is 0.461 e. The number of pyridine rings is 1. The van der Waals surface area contributed by atoms with E-state index in [-0.39, 0.29) is 41.2 Å². The number of aromatic nitrogens is 5.